The lowest BCUT2D eigenvalue weighted by Gasteiger charge is -1.97. The van der Waals surface area contributed by atoms with Crippen LogP contribution in [-0.4, -0.2) is 9.97 Å². The van der Waals surface area contributed by atoms with E-state index in [4.69, 9.17) is 5.73 Å². The van der Waals surface area contributed by atoms with E-state index < -0.39 is 0 Å². The maximum absolute atomic E-state index is 6.07. The molecule has 0 amide bonds. The number of fused-ring (bicyclic) bond motifs is 1. The predicted molar refractivity (Wildman–Crippen MR) is 78.0 cm³/mol. The number of H-pyrrole nitrogens is 1. The number of aromatic amines is 1. The second-order valence-electron chi connectivity index (χ2n) is 4.70. The number of rotatable bonds is 1. The monoisotopic (exact) mass is 257 g/mol. The van der Waals surface area contributed by atoms with E-state index in [9.17, 15) is 0 Å². The van der Waals surface area contributed by atoms with Crippen LogP contribution >= 0.6 is 11.3 Å². The number of nitrogens with zero attached hydrogens (tertiary/aromatic N) is 1. The van der Waals surface area contributed by atoms with Crippen LogP contribution in [0, 0.1) is 20.8 Å². The van der Waals surface area contributed by atoms with Crippen molar-refractivity contribution in [2.24, 2.45) is 0 Å². The first-order chi connectivity index (χ1) is 8.56. The molecule has 0 bridgehead atoms. The van der Waals surface area contributed by atoms with Crippen LogP contribution in [0.25, 0.3) is 21.7 Å². The highest BCUT2D eigenvalue weighted by Gasteiger charge is 2.12. The van der Waals surface area contributed by atoms with Crippen molar-refractivity contribution in [2.45, 2.75) is 20.8 Å². The Morgan fingerprint density at radius 1 is 1.11 bits per heavy atom. The van der Waals surface area contributed by atoms with Gasteiger partial charge in [-0.05, 0) is 55.0 Å². The fourth-order valence-electron chi connectivity index (χ4n) is 2.01. The van der Waals surface area contributed by atoms with Gasteiger partial charge in [0, 0.05) is 0 Å². The van der Waals surface area contributed by atoms with Gasteiger partial charge in [0.1, 0.15) is 0 Å². The number of nitrogen functional groups attached to an aromatic ring is 1. The third-order valence-corrected chi connectivity index (χ3v) is 4.46. The second kappa shape index (κ2) is 3.85. The summed E-state index contributed by atoms with van der Waals surface area (Å²) in [5, 5.41) is 2.06. The lowest BCUT2D eigenvalue weighted by molar-refractivity contribution is 1.35. The van der Waals surface area contributed by atoms with Crippen molar-refractivity contribution in [3.63, 3.8) is 0 Å². The number of nitrogens with one attached hydrogen (secondary N) is 1. The number of anilines is 1. The lowest BCUT2D eigenvalue weighted by atomic mass is 10.1. The summed E-state index contributed by atoms with van der Waals surface area (Å²) in [6, 6.07) is 4.25. The highest BCUT2D eigenvalue weighted by molar-refractivity contribution is 7.14. The Hall–Kier alpha value is -1.81. The molecule has 0 unspecified atom stereocenters. The molecule has 2 heterocycles. The quantitative estimate of drug-likeness (QED) is 0.696. The molecule has 92 valence electrons. The summed E-state index contributed by atoms with van der Waals surface area (Å²) in [6.07, 6.45) is 0. The van der Waals surface area contributed by atoms with Crippen LogP contribution in [0.5, 0.6) is 0 Å². The van der Waals surface area contributed by atoms with Gasteiger partial charge in [-0.2, -0.15) is 0 Å². The van der Waals surface area contributed by atoms with Crippen LogP contribution < -0.4 is 5.73 Å². The van der Waals surface area contributed by atoms with Gasteiger partial charge in [0.2, 0.25) is 0 Å². The summed E-state index contributed by atoms with van der Waals surface area (Å²) < 4.78 is 0. The van der Waals surface area contributed by atoms with E-state index in [-0.39, 0.29) is 0 Å². The number of aromatic nitrogens is 2. The van der Waals surface area contributed by atoms with Crippen LogP contribution in [0.2, 0.25) is 0 Å². The lowest BCUT2D eigenvalue weighted by Crippen LogP contribution is -1.87. The molecule has 4 heteroatoms. The standard InChI is InChI=1S/C14H15N3S/c1-7-4-10-11(5-8(7)2)17-14(16-10)13-12(15)9(3)6-18-13/h4-6H,15H2,1-3H3,(H,16,17). The number of nitrogens with two attached hydrogens (primary N) is 1. The summed E-state index contributed by atoms with van der Waals surface area (Å²) in [7, 11) is 0. The fraction of sp³-hybridized carbons (Fsp3) is 0.214. The molecule has 1 aromatic carbocycles. The molecule has 2 aromatic heterocycles. The molecular weight excluding hydrogens is 242 g/mol. The predicted octanol–water partition coefficient (Wildman–Crippen LogP) is 3.80. The van der Waals surface area contributed by atoms with E-state index in [1.54, 1.807) is 11.3 Å². The van der Waals surface area contributed by atoms with Crippen LogP contribution in [0.3, 0.4) is 0 Å². The van der Waals surface area contributed by atoms with Gasteiger partial charge in [0.15, 0.2) is 5.82 Å². The van der Waals surface area contributed by atoms with E-state index in [0.717, 1.165) is 33.0 Å². The average molecular weight is 257 g/mol. The number of hydrogen-bond acceptors (Lipinski definition) is 3. The van der Waals surface area contributed by atoms with E-state index in [1.807, 2.05) is 6.92 Å². The van der Waals surface area contributed by atoms with Crippen LogP contribution in [0.15, 0.2) is 17.5 Å². The van der Waals surface area contributed by atoms with Gasteiger partial charge in [-0.3, -0.25) is 0 Å². The first-order valence-corrected chi connectivity index (χ1v) is 6.75. The molecule has 18 heavy (non-hydrogen) atoms. The molecule has 0 aliphatic rings. The van der Waals surface area contributed by atoms with E-state index in [2.05, 4.69) is 41.3 Å². The first kappa shape index (κ1) is 11.3. The zero-order valence-corrected chi connectivity index (χ0v) is 11.5. The topological polar surface area (TPSA) is 54.7 Å². The second-order valence-corrected chi connectivity index (χ2v) is 5.58. The molecule has 0 aliphatic heterocycles. The third kappa shape index (κ3) is 1.61. The molecular formula is C14H15N3S. The number of aryl methyl sites for hydroxylation is 3. The molecule has 3 N–H and O–H groups in total. The molecule has 0 saturated carbocycles. The minimum atomic E-state index is 0.826. The normalized spacial score (nSPS) is 11.3. The van der Waals surface area contributed by atoms with Crippen molar-refractivity contribution < 1.29 is 0 Å². The van der Waals surface area contributed by atoms with Gasteiger partial charge in [0.25, 0.3) is 0 Å². The Bertz CT molecular complexity index is 698. The fourth-order valence-corrected chi connectivity index (χ4v) is 2.93. The Morgan fingerprint density at radius 2 is 1.83 bits per heavy atom. The van der Waals surface area contributed by atoms with Gasteiger partial charge in [-0.15, -0.1) is 11.3 Å². The molecule has 3 aromatic rings. The van der Waals surface area contributed by atoms with E-state index in [1.165, 1.54) is 11.1 Å². The van der Waals surface area contributed by atoms with Crippen molar-refractivity contribution in [2.75, 3.05) is 5.73 Å². The van der Waals surface area contributed by atoms with Gasteiger partial charge in [-0.1, -0.05) is 0 Å². The molecule has 3 nitrogen and oxygen atoms in total. The maximum atomic E-state index is 6.07. The van der Waals surface area contributed by atoms with Crippen LogP contribution in [0.4, 0.5) is 5.69 Å². The first-order valence-electron chi connectivity index (χ1n) is 5.87. The summed E-state index contributed by atoms with van der Waals surface area (Å²) in [5.74, 6) is 0.866. The summed E-state index contributed by atoms with van der Waals surface area (Å²) in [5.41, 5.74) is 12.6. The molecule has 0 saturated heterocycles. The Labute approximate surface area is 110 Å². The van der Waals surface area contributed by atoms with E-state index in [0.29, 0.717) is 0 Å². The molecule has 0 radical (unpaired) electrons. The SMILES string of the molecule is Cc1cc2nc(-c3scc(C)c3N)[nH]c2cc1C. The smallest absolute Gasteiger partial charge is 0.150 e. The number of imidazole rings is 1. The van der Waals surface area contributed by atoms with Gasteiger partial charge < -0.3 is 10.7 Å². The van der Waals surface area contributed by atoms with Gasteiger partial charge in [-0.25, -0.2) is 4.98 Å². The Balaban J connectivity index is 2.22. The molecule has 3 rings (SSSR count). The highest BCUT2D eigenvalue weighted by Crippen LogP contribution is 2.34. The summed E-state index contributed by atoms with van der Waals surface area (Å²) >= 11 is 1.63. The van der Waals surface area contributed by atoms with Crippen LogP contribution in [0.1, 0.15) is 16.7 Å². The minimum Gasteiger partial charge on any atom is -0.397 e. The van der Waals surface area contributed by atoms with Crippen molar-refractivity contribution in [3.8, 4) is 10.7 Å². The average Bonchev–Trinajstić information content (AvgIpc) is 2.85. The zero-order valence-electron chi connectivity index (χ0n) is 10.7. The van der Waals surface area contributed by atoms with Crippen LogP contribution in [-0.2, 0) is 0 Å². The highest BCUT2D eigenvalue weighted by atomic mass is 32.1. The Kier molecular flexibility index (Phi) is 2.41. The van der Waals surface area contributed by atoms with Gasteiger partial charge in [0.05, 0.1) is 21.6 Å². The van der Waals surface area contributed by atoms with E-state index >= 15 is 0 Å². The maximum Gasteiger partial charge on any atom is 0.150 e. The van der Waals surface area contributed by atoms with Crippen molar-refractivity contribution >= 4 is 28.1 Å². The largest absolute Gasteiger partial charge is 0.397 e. The van der Waals surface area contributed by atoms with Crippen molar-refractivity contribution in [1.82, 2.24) is 9.97 Å². The number of benzene rings is 1. The molecule has 0 atom stereocenters. The molecule has 0 fully saturated rings. The number of hydrogen-bond donors (Lipinski definition) is 2. The minimum absolute atomic E-state index is 0.826. The third-order valence-electron chi connectivity index (χ3n) is 3.34. The molecule has 0 aliphatic carbocycles. The van der Waals surface area contributed by atoms with Gasteiger partial charge >= 0.3 is 0 Å². The Morgan fingerprint density at radius 3 is 2.50 bits per heavy atom. The number of thiophene rings is 1. The van der Waals surface area contributed by atoms with Crippen molar-refractivity contribution in [1.29, 1.82) is 0 Å². The summed E-state index contributed by atoms with van der Waals surface area (Å²) in [6.45, 7) is 6.23. The molecule has 0 spiro atoms. The zero-order chi connectivity index (χ0) is 12.9. The van der Waals surface area contributed by atoms with Crippen molar-refractivity contribution in [3.05, 3.63) is 34.2 Å². The summed E-state index contributed by atoms with van der Waals surface area (Å²) in [4.78, 5) is 9.01.